The van der Waals surface area contributed by atoms with E-state index in [-0.39, 0.29) is 30.8 Å². The number of hydrogen-bond acceptors (Lipinski definition) is 5. The molecule has 1 aliphatic heterocycles. The van der Waals surface area contributed by atoms with Crippen LogP contribution < -0.4 is 11.1 Å². The number of halogens is 3. The Balaban J connectivity index is 2.05. The van der Waals surface area contributed by atoms with E-state index in [0.717, 1.165) is 6.42 Å². The predicted octanol–water partition coefficient (Wildman–Crippen LogP) is 1.88. The van der Waals surface area contributed by atoms with Gasteiger partial charge in [-0.05, 0) is 18.8 Å². The summed E-state index contributed by atoms with van der Waals surface area (Å²) in [7, 11) is 0. The van der Waals surface area contributed by atoms with Gasteiger partial charge >= 0.3 is 12.3 Å². The standard InChI is InChI=1S/C12H16F3N5O2/c13-12(14,15)8-5-18-10(16)19-9(8)17-4-7-2-1-3-20(6-7)11(21)22/h5,7H,1-4,6H2,(H,21,22)(H3,16,17,18,19)/t7-/m1/s1. The maximum Gasteiger partial charge on any atom is 0.421 e. The molecule has 1 saturated heterocycles. The lowest BCUT2D eigenvalue weighted by Gasteiger charge is -2.31. The van der Waals surface area contributed by atoms with Gasteiger partial charge in [0.05, 0.1) is 0 Å². The zero-order valence-electron chi connectivity index (χ0n) is 11.6. The topological polar surface area (TPSA) is 104 Å². The molecule has 1 aromatic rings. The molecule has 0 radical (unpaired) electrons. The number of nitrogens with one attached hydrogen (secondary N) is 1. The number of aromatic nitrogens is 2. The molecule has 0 spiro atoms. The third-order valence-corrected chi connectivity index (χ3v) is 3.46. The highest BCUT2D eigenvalue weighted by atomic mass is 19.4. The summed E-state index contributed by atoms with van der Waals surface area (Å²) < 4.78 is 38.6. The van der Waals surface area contributed by atoms with Crippen LogP contribution in [-0.2, 0) is 6.18 Å². The van der Waals surface area contributed by atoms with E-state index in [4.69, 9.17) is 10.8 Å². The summed E-state index contributed by atoms with van der Waals surface area (Å²) in [5, 5.41) is 11.6. The van der Waals surface area contributed by atoms with Gasteiger partial charge in [0, 0.05) is 25.8 Å². The number of carbonyl (C=O) groups is 1. The molecule has 1 amide bonds. The highest BCUT2D eigenvalue weighted by molar-refractivity contribution is 5.65. The fourth-order valence-corrected chi connectivity index (χ4v) is 2.38. The lowest BCUT2D eigenvalue weighted by Crippen LogP contribution is -2.41. The molecule has 122 valence electrons. The van der Waals surface area contributed by atoms with E-state index in [0.29, 0.717) is 19.2 Å². The Morgan fingerprint density at radius 3 is 2.91 bits per heavy atom. The van der Waals surface area contributed by atoms with Gasteiger partial charge in [0.15, 0.2) is 0 Å². The van der Waals surface area contributed by atoms with Crippen molar-refractivity contribution >= 4 is 17.9 Å². The Labute approximate surface area is 124 Å². The molecule has 1 atom stereocenters. The molecule has 0 unspecified atom stereocenters. The van der Waals surface area contributed by atoms with E-state index in [1.165, 1.54) is 4.90 Å². The number of rotatable bonds is 3. The Hall–Kier alpha value is -2.26. The van der Waals surface area contributed by atoms with Crippen molar-refractivity contribution in [3.05, 3.63) is 11.8 Å². The molecule has 7 nitrogen and oxygen atoms in total. The highest BCUT2D eigenvalue weighted by Gasteiger charge is 2.35. The van der Waals surface area contributed by atoms with Gasteiger partial charge in [-0.15, -0.1) is 0 Å². The molecule has 2 rings (SSSR count). The van der Waals surface area contributed by atoms with E-state index in [1.54, 1.807) is 0 Å². The first kappa shape index (κ1) is 16.1. The Morgan fingerprint density at radius 1 is 1.55 bits per heavy atom. The van der Waals surface area contributed by atoms with Crippen LogP contribution in [0.5, 0.6) is 0 Å². The van der Waals surface area contributed by atoms with Gasteiger partial charge in [0.2, 0.25) is 5.95 Å². The van der Waals surface area contributed by atoms with Crippen molar-refractivity contribution < 1.29 is 23.1 Å². The van der Waals surface area contributed by atoms with E-state index >= 15 is 0 Å². The number of anilines is 2. The lowest BCUT2D eigenvalue weighted by molar-refractivity contribution is -0.137. The van der Waals surface area contributed by atoms with Crippen LogP contribution >= 0.6 is 0 Å². The molecule has 22 heavy (non-hydrogen) atoms. The fourth-order valence-electron chi connectivity index (χ4n) is 2.38. The van der Waals surface area contributed by atoms with Crippen LogP contribution in [-0.4, -0.2) is 45.7 Å². The summed E-state index contributed by atoms with van der Waals surface area (Å²) in [5.41, 5.74) is 4.33. The number of carboxylic acid groups (broad SMARTS) is 1. The van der Waals surface area contributed by atoms with Crippen molar-refractivity contribution in [3.63, 3.8) is 0 Å². The zero-order chi connectivity index (χ0) is 16.3. The predicted molar refractivity (Wildman–Crippen MR) is 72.3 cm³/mol. The third-order valence-electron chi connectivity index (χ3n) is 3.46. The summed E-state index contributed by atoms with van der Waals surface area (Å²) in [6.45, 7) is 0.910. The summed E-state index contributed by atoms with van der Waals surface area (Å²) in [6, 6.07) is 0. The maximum atomic E-state index is 12.9. The molecule has 10 heteroatoms. The van der Waals surface area contributed by atoms with E-state index < -0.39 is 17.8 Å². The number of hydrogen-bond donors (Lipinski definition) is 3. The lowest BCUT2D eigenvalue weighted by atomic mass is 9.98. The Kier molecular flexibility index (Phi) is 4.57. The first-order valence-electron chi connectivity index (χ1n) is 6.69. The maximum absolute atomic E-state index is 12.9. The summed E-state index contributed by atoms with van der Waals surface area (Å²) in [4.78, 5) is 19.1. The van der Waals surface area contributed by atoms with Crippen LogP contribution in [0.2, 0.25) is 0 Å². The molecule has 0 aromatic carbocycles. The van der Waals surface area contributed by atoms with E-state index in [9.17, 15) is 18.0 Å². The quantitative estimate of drug-likeness (QED) is 0.786. The molecule has 1 aliphatic rings. The molecule has 4 N–H and O–H groups in total. The fraction of sp³-hybridized carbons (Fsp3) is 0.583. The second-order valence-electron chi connectivity index (χ2n) is 5.11. The second-order valence-corrected chi connectivity index (χ2v) is 5.11. The van der Waals surface area contributed by atoms with E-state index in [2.05, 4.69) is 15.3 Å². The molecule has 1 fully saturated rings. The molecule has 2 heterocycles. The number of alkyl halides is 3. The van der Waals surface area contributed by atoms with Crippen molar-refractivity contribution in [2.75, 3.05) is 30.7 Å². The van der Waals surface area contributed by atoms with Gasteiger partial charge in [-0.1, -0.05) is 0 Å². The van der Waals surface area contributed by atoms with Gasteiger partial charge in [0.25, 0.3) is 0 Å². The average molecular weight is 319 g/mol. The van der Waals surface area contributed by atoms with Crippen LogP contribution in [0.4, 0.5) is 29.7 Å². The first-order chi connectivity index (χ1) is 10.3. The van der Waals surface area contributed by atoms with Crippen LogP contribution in [0.3, 0.4) is 0 Å². The largest absolute Gasteiger partial charge is 0.465 e. The molecular formula is C12H16F3N5O2. The number of likely N-dealkylation sites (tertiary alicyclic amines) is 1. The monoisotopic (exact) mass is 319 g/mol. The first-order valence-corrected chi connectivity index (χ1v) is 6.69. The smallest absolute Gasteiger partial charge is 0.421 e. The van der Waals surface area contributed by atoms with Gasteiger partial charge < -0.3 is 21.1 Å². The van der Waals surface area contributed by atoms with E-state index in [1.807, 2.05) is 0 Å². The second kappa shape index (κ2) is 6.24. The number of piperidine rings is 1. The molecule has 0 bridgehead atoms. The van der Waals surface area contributed by atoms with Crippen LogP contribution in [0.15, 0.2) is 6.20 Å². The summed E-state index contributed by atoms with van der Waals surface area (Å²) in [5.74, 6) is -0.721. The van der Waals surface area contributed by atoms with Gasteiger partial charge in [-0.25, -0.2) is 9.78 Å². The number of nitrogens with zero attached hydrogens (tertiary/aromatic N) is 3. The normalized spacial score (nSPS) is 19.0. The molecule has 1 aromatic heterocycles. The molecular weight excluding hydrogens is 303 g/mol. The minimum Gasteiger partial charge on any atom is -0.465 e. The minimum atomic E-state index is -4.59. The van der Waals surface area contributed by atoms with Crippen molar-refractivity contribution in [2.45, 2.75) is 19.0 Å². The van der Waals surface area contributed by atoms with Gasteiger partial charge in [-0.2, -0.15) is 18.2 Å². The number of nitrogen functional groups attached to an aromatic ring is 1. The van der Waals surface area contributed by atoms with Crippen molar-refractivity contribution in [1.29, 1.82) is 0 Å². The van der Waals surface area contributed by atoms with Crippen LogP contribution in [0.1, 0.15) is 18.4 Å². The zero-order valence-corrected chi connectivity index (χ0v) is 11.6. The average Bonchev–Trinajstić information content (AvgIpc) is 2.44. The van der Waals surface area contributed by atoms with Crippen LogP contribution in [0.25, 0.3) is 0 Å². The molecule has 0 aliphatic carbocycles. The van der Waals surface area contributed by atoms with Crippen molar-refractivity contribution in [3.8, 4) is 0 Å². The van der Waals surface area contributed by atoms with Gasteiger partial charge in [0.1, 0.15) is 11.4 Å². The Bertz CT molecular complexity index is 552. The van der Waals surface area contributed by atoms with Crippen molar-refractivity contribution in [1.82, 2.24) is 14.9 Å². The Morgan fingerprint density at radius 2 is 2.27 bits per heavy atom. The molecule has 0 saturated carbocycles. The minimum absolute atomic E-state index is 0.0814. The third kappa shape index (κ3) is 3.89. The van der Waals surface area contributed by atoms with Crippen molar-refractivity contribution in [2.24, 2.45) is 5.92 Å². The SMILES string of the molecule is Nc1ncc(C(F)(F)F)c(NC[C@H]2CCCN(C(=O)O)C2)n1. The highest BCUT2D eigenvalue weighted by Crippen LogP contribution is 2.33. The van der Waals surface area contributed by atoms with Crippen LogP contribution in [0, 0.1) is 5.92 Å². The summed E-state index contributed by atoms with van der Waals surface area (Å²) >= 11 is 0. The van der Waals surface area contributed by atoms with Gasteiger partial charge in [-0.3, -0.25) is 0 Å². The summed E-state index contributed by atoms with van der Waals surface area (Å²) in [6.07, 6.45) is -3.56. The number of amides is 1. The number of nitrogens with two attached hydrogens (primary N) is 1.